The van der Waals surface area contributed by atoms with Crippen molar-refractivity contribution in [1.29, 1.82) is 0 Å². The summed E-state index contributed by atoms with van der Waals surface area (Å²) in [6, 6.07) is 0. The molecule has 0 aliphatic heterocycles. The summed E-state index contributed by atoms with van der Waals surface area (Å²) in [6.07, 6.45) is 1.48. The molecule has 0 heterocycles. The maximum Gasteiger partial charge on any atom is 0.361 e. The molecule has 0 aromatic heterocycles. The predicted molar refractivity (Wildman–Crippen MR) is 71.7 cm³/mol. The van der Waals surface area contributed by atoms with Gasteiger partial charge in [-0.1, -0.05) is 31.6 Å². The molecule has 1 unspecified atom stereocenters. The smallest absolute Gasteiger partial charge is 0.309 e. The van der Waals surface area contributed by atoms with E-state index in [1.807, 2.05) is 6.92 Å². The lowest BCUT2D eigenvalue weighted by atomic mass is 10.2. The van der Waals surface area contributed by atoms with E-state index in [0.29, 0.717) is 5.92 Å². The second-order valence-corrected chi connectivity index (χ2v) is 9.70. The Bertz CT molecular complexity index is 237. The summed E-state index contributed by atoms with van der Waals surface area (Å²) >= 11 is 0. The Hall–Kier alpha value is 0.360. The molecule has 0 saturated heterocycles. The minimum atomic E-state index is -2.80. The second-order valence-electron chi connectivity index (χ2n) is 3.18. The van der Waals surface area contributed by atoms with Crippen LogP contribution in [0, 0.1) is 5.92 Å². The van der Waals surface area contributed by atoms with E-state index >= 15 is 0 Å². The van der Waals surface area contributed by atoms with Crippen molar-refractivity contribution < 1.29 is 9.09 Å². The highest BCUT2D eigenvalue weighted by Crippen LogP contribution is 2.60. The molecule has 0 fully saturated rings. The van der Waals surface area contributed by atoms with Gasteiger partial charge in [0.2, 0.25) is 0 Å². The predicted octanol–water partition coefficient (Wildman–Crippen LogP) is 3.42. The molecule has 0 aromatic rings. The van der Waals surface area contributed by atoms with E-state index in [1.165, 1.54) is 34.7 Å². The first kappa shape index (κ1) is 15.4. The van der Waals surface area contributed by atoms with Crippen LogP contribution in [0.2, 0.25) is 0 Å². The molecule has 0 radical (unpaired) electrons. The van der Waals surface area contributed by atoms with E-state index in [1.54, 1.807) is 0 Å². The first-order valence-electron chi connectivity index (χ1n) is 4.77. The van der Waals surface area contributed by atoms with Crippen LogP contribution in [0.3, 0.4) is 0 Å². The number of hydrogen-bond acceptors (Lipinski definition) is 5. The first-order chi connectivity index (χ1) is 7.04. The van der Waals surface area contributed by atoms with Crippen LogP contribution >= 0.6 is 27.9 Å². The standard InChI is InChI=1S/C8H19N2O2PS2/c1-5-14-15-13(11,12-4)10-7-9-6-8(2)3/h7-8H,5-6H2,1-4H3,(H,9,10,11). The highest BCUT2D eigenvalue weighted by molar-refractivity contribution is 8.99. The molecule has 0 saturated carbocycles. The van der Waals surface area contributed by atoms with Gasteiger partial charge in [-0.15, -0.1) is 0 Å². The van der Waals surface area contributed by atoms with E-state index in [9.17, 15) is 4.57 Å². The Balaban J connectivity index is 3.97. The highest BCUT2D eigenvalue weighted by atomic mass is 33.3. The van der Waals surface area contributed by atoms with Crippen LogP contribution in [-0.4, -0.2) is 25.7 Å². The number of hydrogen-bond donors (Lipinski definition) is 1. The fraction of sp³-hybridized carbons (Fsp3) is 0.875. The summed E-state index contributed by atoms with van der Waals surface area (Å²) < 4.78 is 16.8. The van der Waals surface area contributed by atoms with Crippen molar-refractivity contribution in [3.8, 4) is 0 Å². The molecule has 7 heteroatoms. The van der Waals surface area contributed by atoms with Crippen LogP contribution in [0.15, 0.2) is 4.99 Å². The summed E-state index contributed by atoms with van der Waals surface area (Å²) in [5, 5.41) is 2.72. The van der Waals surface area contributed by atoms with Crippen molar-refractivity contribution in [2.75, 3.05) is 19.4 Å². The van der Waals surface area contributed by atoms with Gasteiger partial charge >= 0.3 is 6.72 Å². The van der Waals surface area contributed by atoms with Gasteiger partial charge in [-0.2, -0.15) is 0 Å². The number of rotatable bonds is 8. The quantitative estimate of drug-likeness (QED) is 0.317. The van der Waals surface area contributed by atoms with E-state index < -0.39 is 6.72 Å². The summed E-state index contributed by atoms with van der Waals surface area (Å²) in [5.74, 6) is 1.39. The lowest BCUT2D eigenvalue weighted by Crippen LogP contribution is -2.07. The fourth-order valence-electron chi connectivity index (χ4n) is 0.602. The van der Waals surface area contributed by atoms with Crippen molar-refractivity contribution in [3.05, 3.63) is 0 Å². The molecule has 0 bridgehead atoms. The van der Waals surface area contributed by atoms with E-state index in [0.717, 1.165) is 12.3 Å². The summed E-state index contributed by atoms with van der Waals surface area (Å²) in [7, 11) is 4.18. The van der Waals surface area contributed by atoms with Crippen LogP contribution in [0.1, 0.15) is 20.8 Å². The van der Waals surface area contributed by atoms with Gasteiger partial charge < -0.3 is 4.52 Å². The number of nitrogens with zero attached hydrogens (tertiary/aromatic N) is 1. The monoisotopic (exact) mass is 270 g/mol. The van der Waals surface area contributed by atoms with Crippen LogP contribution in [0.25, 0.3) is 0 Å². The van der Waals surface area contributed by atoms with Gasteiger partial charge in [-0.3, -0.25) is 14.6 Å². The van der Waals surface area contributed by atoms with Crippen molar-refractivity contribution in [1.82, 2.24) is 5.09 Å². The molecule has 0 rings (SSSR count). The van der Waals surface area contributed by atoms with Gasteiger partial charge in [0.1, 0.15) is 0 Å². The molecular formula is C8H19N2O2PS2. The minimum absolute atomic E-state index is 0.502. The van der Waals surface area contributed by atoms with Crippen LogP contribution in [0.4, 0.5) is 0 Å². The lowest BCUT2D eigenvalue weighted by Gasteiger charge is -2.13. The highest BCUT2D eigenvalue weighted by Gasteiger charge is 2.20. The zero-order chi connectivity index (χ0) is 11.7. The minimum Gasteiger partial charge on any atom is -0.309 e. The Morgan fingerprint density at radius 2 is 2.27 bits per heavy atom. The van der Waals surface area contributed by atoms with Gasteiger partial charge in [-0.05, 0) is 5.92 Å². The number of nitrogens with one attached hydrogen (secondary N) is 1. The molecular weight excluding hydrogens is 251 g/mol. The Kier molecular flexibility index (Phi) is 8.71. The fourth-order valence-corrected chi connectivity index (χ4v) is 5.60. The Labute approximate surface area is 99.7 Å². The SMILES string of the molecule is CCSSP(=O)(NC=NCC(C)C)OC. The third-order valence-corrected chi connectivity index (χ3v) is 7.83. The van der Waals surface area contributed by atoms with E-state index in [2.05, 4.69) is 23.9 Å². The van der Waals surface area contributed by atoms with Gasteiger partial charge in [0.25, 0.3) is 0 Å². The number of aliphatic imine (C=N–C) groups is 1. The average molecular weight is 270 g/mol. The molecule has 1 N–H and O–H groups in total. The van der Waals surface area contributed by atoms with Crippen molar-refractivity contribution in [3.63, 3.8) is 0 Å². The van der Waals surface area contributed by atoms with Crippen molar-refractivity contribution >= 4 is 34.3 Å². The van der Waals surface area contributed by atoms with Gasteiger partial charge in [-0.25, -0.2) is 0 Å². The molecule has 0 aliphatic rings. The molecule has 4 nitrogen and oxygen atoms in total. The van der Waals surface area contributed by atoms with Gasteiger partial charge in [0, 0.05) is 29.8 Å². The first-order valence-corrected chi connectivity index (χ1v) is 9.32. The van der Waals surface area contributed by atoms with Gasteiger partial charge in [0.15, 0.2) is 0 Å². The molecule has 0 aliphatic carbocycles. The molecule has 1 atom stereocenters. The van der Waals surface area contributed by atoms with E-state index in [4.69, 9.17) is 4.52 Å². The zero-order valence-corrected chi connectivity index (χ0v) is 12.1. The largest absolute Gasteiger partial charge is 0.361 e. The van der Waals surface area contributed by atoms with Crippen molar-refractivity contribution in [2.45, 2.75) is 20.8 Å². The molecule has 0 spiro atoms. The third-order valence-electron chi connectivity index (χ3n) is 1.29. The Morgan fingerprint density at radius 3 is 2.73 bits per heavy atom. The molecule has 90 valence electrons. The summed E-state index contributed by atoms with van der Waals surface area (Å²) in [4.78, 5) is 4.10. The van der Waals surface area contributed by atoms with E-state index in [-0.39, 0.29) is 0 Å². The molecule has 15 heavy (non-hydrogen) atoms. The summed E-state index contributed by atoms with van der Waals surface area (Å²) in [5.41, 5.74) is 0. The van der Waals surface area contributed by atoms with Crippen LogP contribution in [-0.2, 0) is 9.09 Å². The zero-order valence-electron chi connectivity index (χ0n) is 9.60. The second kappa shape index (κ2) is 8.50. The normalized spacial score (nSPS) is 15.8. The topological polar surface area (TPSA) is 50.7 Å². The van der Waals surface area contributed by atoms with Crippen LogP contribution in [0.5, 0.6) is 0 Å². The maximum absolute atomic E-state index is 11.9. The van der Waals surface area contributed by atoms with Crippen LogP contribution < -0.4 is 5.09 Å². The average Bonchev–Trinajstić information content (AvgIpc) is 2.21. The maximum atomic E-state index is 11.9. The van der Waals surface area contributed by atoms with Gasteiger partial charge in [0.05, 0.1) is 6.34 Å². The molecule has 0 aromatic carbocycles. The molecule has 0 amide bonds. The third kappa shape index (κ3) is 8.20. The van der Waals surface area contributed by atoms with Crippen molar-refractivity contribution in [2.24, 2.45) is 10.9 Å². The Morgan fingerprint density at radius 1 is 1.60 bits per heavy atom. The summed E-state index contributed by atoms with van der Waals surface area (Å²) in [6.45, 7) is 4.09. The lowest BCUT2D eigenvalue weighted by molar-refractivity contribution is 0.406.